The van der Waals surface area contributed by atoms with E-state index in [2.05, 4.69) is 0 Å². The molecule has 0 radical (unpaired) electrons. The maximum absolute atomic E-state index is 12.3. The van der Waals surface area contributed by atoms with Gasteiger partial charge in [-0.1, -0.05) is 0 Å². The van der Waals surface area contributed by atoms with Crippen molar-refractivity contribution in [2.24, 2.45) is 0 Å². The molecule has 1 atom stereocenters. The van der Waals surface area contributed by atoms with Gasteiger partial charge in [0.15, 0.2) is 0 Å². The molecule has 6 heteroatoms. The minimum Gasteiger partial charge on any atom is -0.455 e. The minimum absolute atomic E-state index is 0.256. The number of allylic oxidation sites excluding steroid dienone is 1. The van der Waals surface area contributed by atoms with Gasteiger partial charge >= 0.3 is 5.97 Å². The summed E-state index contributed by atoms with van der Waals surface area (Å²) in [6.45, 7) is 8.81. The van der Waals surface area contributed by atoms with Crippen molar-refractivity contribution >= 4 is 29.9 Å². The van der Waals surface area contributed by atoms with Crippen LogP contribution in [0.1, 0.15) is 34.6 Å². The molecule has 0 N–H and O–H groups in total. The fraction of sp³-hybridized carbons (Fsp3) is 0.533. The first-order chi connectivity index (χ1) is 9.67. The molecule has 1 amide bonds. The van der Waals surface area contributed by atoms with E-state index in [9.17, 15) is 14.4 Å². The van der Waals surface area contributed by atoms with Crippen molar-refractivity contribution in [3.8, 4) is 0 Å². The van der Waals surface area contributed by atoms with Crippen molar-refractivity contribution in [1.29, 1.82) is 0 Å². The zero-order chi connectivity index (χ0) is 15.9. The van der Waals surface area contributed by atoms with E-state index in [-0.39, 0.29) is 11.3 Å². The molecule has 2 aliphatic heterocycles. The van der Waals surface area contributed by atoms with Gasteiger partial charge in [-0.3, -0.25) is 14.5 Å². The molecule has 21 heavy (non-hydrogen) atoms. The van der Waals surface area contributed by atoms with Gasteiger partial charge in [0.25, 0.3) is 5.91 Å². The minimum atomic E-state index is -0.615. The summed E-state index contributed by atoms with van der Waals surface area (Å²) in [6.07, 6.45) is 0.684. The highest BCUT2D eigenvalue weighted by Crippen LogP contribution is 2.44. The summed E-state index contributed by atoms with van der Waals surface area (Å²) >= 11 is 1.54. The molecule has 2 aliphatic rings. The number of hydrogen-bond donors (Lipinski definition) is 0. The van der Waals surface area contributed by atoms with E-state index in [0.717, 1.165) is 5.57 Å². The molecule has 2 heterocycles. The number of carbonyl (C=O) groups excluding carboxylic acids is 3. The fourth-order valence-electron chi connectivity index (χ4n) is 2.29. The van der Waals surface area contributed by atoms with E-state index in [0.29, 0.717) is 28.9 Å². The lowest BCUT2D eigenvalue weighted by Crippen LogP contribution is -2.57. The zero-order valence-corrected chi connectivity index (χ0v) is 13.7. The van der Waals surface area contributed by atoms with Crippen LogP contribution in [-0.2, 0) is 19.1 Å². The Bertz CT molecular complexity index is 583. The molecule has 114 valence electrons. The summed E-state index contributed by atoms with van der Waals surface area (Å²) in [5.41, 5.74) is 1.44. The Labute approximate surface area is 128 Å². The number of nitrogens with zero attached hydrogens (tertiary/aromatic N) is 1. The Morgan fingerprint density at radius 1 is 1.43 bits per heavy atom. The summed E-state index contributed by atoms with van der Waals surface area (Å²) in [7, 11) is 0. The largest absolute Gasteiger partial charge is 0.455 e. The lowest BCUT2D eigenvalue weighted by atomic mass is 9.98. The summed E-state index contributed by atoms with van der Waals surface area (Å²) < 4.78 is 5.39. The fourth-order valence-corrected chi connectivity index (χ4v) is 3.63. The van der Waals surface area contributed by atoms with Crippen molar-refractivity contribution in [2.75, 3.05) is 5.75 Å². The number of rotatable bonds is 2. The van der Waals surface area contributed by atoms with Crippen LogP contribution in [-0.4, -0.2) is 39.8 Å². The van der Waals surface area contributed by atoms with Crippen LogP contribution in [0.3, 0.4) is 0 Å². The van der Waals surface area contributed by atoms with E-state index < -0.39 is 11.6 Å². The third-order valence-electron chi connectivity index (χ3n) is 3.23. The molecule has 0 saturated carbocycles. The second-order valence-corrected chi connectivity index (χ2v) is 7.25. The SMILES string of the molecule is CC1=C(C(=O)OC(C)(C)C)N2C(=O)/C(=C(\C)C=O)[C@H]2SC1. The quantitative estimate of drug-likeness (QED) is 0.338. The monoisotopic (exact) mass is 309 g/mol. The third kappa shape index (κ3) is 2.77. The Balaban J connectivity index is 2.34. The molecule has 1 saturated heterocycles. The van der Waals surface area contributed by atoms with Gasteiger partial charge in [0, 0.05) is 11.3 Å². The molecule has 0 aromatic carbocycles. The van der Waals surface area contributed by atoms with Crippen LogP contribution in [0, 0.1) is 0 Å². The van der Waals surface area contributed by atoms with Crippen LogP contribution in [0.4, 0.5) is 0 Å². The number of fused-ring (bicyclic) bond motifs is 1. The Morgan fingerprint density at radius 3 is 2.57 bits per heavy atom. The molecule has 0 aliphatic carbocycles. The number of ether oxygens (including phenoxy) is 1. The Kier molecular flexibility index (Phi) is 4.02. The topological polar surface area (TPSA) is 63.7 Å². The number of β-lactam (4-membered cyclic amide) rings is 1. The molecule has 0 spiro atoms. The number of aldehydes is 1. The first-order valence-corrected chi connectivity index (χ1v) is 7.76. The van der Waals surface area contributed by atoms with Gasteiger partial charge in [-0.15, -0.1) is 11.8 Å². The van der Waals surface area contributed by atoms with E-state index in [1.807, 2.05) is 6.92 Å². The smallest absolute Gasteiger partial charge is 0.355 e. The predicted octanol–water partition coefficient (Wildman–Crippen LogP) is 2.03. The highest BCUT2D eigenvalue weighted by molar-refractivity contribution is 8.00. The van der Waals surface area contributed by atoms with Gasteiger partial charge in [0.05, 0.1) is 5.57 Å². The van der Waals surface area contributed by atoms with Gasteiger partial charge in [0.2, 0.25) is 0 Å². The predicted molar refractivity (Wildman–Crippen MR) is 80.4 cm³/mol. The molecule has 0 bridgehead atoms. The molecule has 2 rings (SSSR count). The van der Waals surface area contributed by atoms with Crippen molar-refractivity contribution in [3.05, 3.63) is 22.4 Å². The Morgan fingerprint density at radius 2 is 2.05 bits per heavy atom. The van der Waals surface area contributed by atoms with Gasteiger partial charge < -0.3 is 4.74 Å². The van der Waals surface area contributed by atoms with Gasteiger partial charge in [-0.25, -0.2) is 4.79 Å². The number of thioether (sulfide) groups is 1. The summed E-state index contributed by atoms with van der Waals surface area (Å²) in [4.78, 5) is 36.9. The van der Waals surface area contributed by atoms with E-state index in [1.165, 1.54) is 16.7 Å². The van der Waals surface area contributed by atoms with Crippen LogP contribution in [0.5, 0.6) is 0 Å². The molecular weight excluding hydrogens is 290 g/mol. The Hall–Kier alpha value is -1.56. The van der Waals surface area contributed by atoms with Gasteiger partial charge in [-0.05, 0) is 40.2 Å². The highest BCUT2D eigenvalue weighted by atomic mass is 32.2. The second-order valence-electron chi connectivity index (χ2n) is 6.18. The molecule has 0 aromatic heterocycles. The number of amides is 1. The van der Waals surface area contributed by atoms with Gasteiger partial charge in [0.1, 0.15) is 23.0 Å². The first kappa shape index (κ1) is 15.8. The molecular formula is C15H19NO4S. The average Bonchev–Trinajstić information content (AvgIpc) is 2.36. The van der Waals surface area contributed by atoms with E-state index in [4.69, 9.17) is 4.74 Å². The first-order valence-electron chi connectivity index (χ1n) is 6.71. The number of esters is 1. The van der Waals surface area contributed by atoms with Crippen molar-refractivity contribution < 1.29 is 19.1 Å². The molecule has 0 aromatic rings. The van der Waals surface area contributed by atoms with Crippen LogP contribution >= 0.6 is 11.8 Å². The summed E-state index contributed by atoms with van der Waals surface area (Å²) in [6, 6.07) is 0. The lowest BCUT2D eigenvalue weighted by Gasteiger charge is -2.46. The van der Waals surface area contributed by atoms with Crippen molar-refractivity contribution in [1.82, 2.24) is 4.90 Å². The molecule has 5 nitrogen and oxygen atoms in total. The normalized spacial score (nSPS) is 24.3. The summed E-state index contributed by atoms with van der Waals surface area (Å²) in [5.74, 6) is -0.128. The van der Waals surface area contributed by atoms with Crippen LogP contribution in [0.25, 0.3) is 0 Å². The second kappa shape index (κ2) is 5.33. The van der Waals surface area contributed by atoms with Crippen LogP contribution in [0.2, 0.25) is 0 Å². The van der Waals surface area contributed by atoms with Crippen LogP contribution < -0.4 is 0 Å². The van der Waals surface area contributed by atoms with Crippen molar-refractivity contribution in [3.63, 3.8) is 0 Å². The lowest BCUT2D eigenvalue weighted by molar-refractivity contribution is -0.155. The maximum atomic E-state index is 12.3. The summed E-state index contributed by atoms with van der Waals surface area (Å²) in [5, 5.41) is -0.256. The third-order valence-corrected chi connectivity index (χ3v) is 4.59. The van der Waals surface area contributed by atoms with E-state index >= 15 is 0 Å². The van der Waals surface area contributed by atoms with Crippen LogP contribution in [0.15, 0.2) is 22.4 Å². The standard InChI is InChI=1S/C15H19NO4S/c1-8(6-17)10-12(18)16-11(9(2)7-21-13(10)16)14(19)20-15(3,4)5/h6,13H,7H2,1-5H3/b10-8-/t13-/m1/s1. The molecule has 1 fully saturated rings. The van der Waals surface area contributed by atoms with E-state index in [1.54, 1.807) is 27.7 Å². The number of carbonyl (C=O) groups is 3. The number of hydrogen-bond acceptors (Lipinski definition) is 5. The zero-order valence-electron chi connectivity index (χ0n) is 12.9. The maximum Gasteiger partial charge on any atom is 0.355 e. The average molecular weight is 309 g/mol. The highest BCUT2D eigenvalue weighted by Gasteiger charge is 2.50. The van der Waals surface area contributed by atoms with Gasteiger partial charge in [-0.2, -0.15) is 0 Å². The van der Waals surface area contributed by atoms with Crippen molar-refractivity contribution in [2.45, 2.75) is 45.6 Å². The molecule has 0 unspecified atom stereocenters.